The molecule has 0 unspecified atom stereocenters. The van der Waals surface area contributed by atoms with Crippen LogP contribution in [0.3, 0.4) is 0 Å². The summed E-state index contributed by atoms with van der Waals surface area (Å²) in [5.74, 6) is -0.441. The Morgan fingerprint density at radius 3 is 2.12 bits per heavy atom. The van der Waals surface area contributed by atoms with E-state index in [9.17, 15) is 9.18 Å². The van der Waals surface area contributed by atoms with Gasteiger partial charge >= 0.3 is 0 Å². The van der Waals surface area contributed by atoms with Crippen LogP contribution in [-0.4, -0.2) is 11.6 Å². The fourth-order valence-corrected chi connectivity index (χ4v) is 1.90. The van der Waals surface area contributed by atoms with E-state index < -0.39 is 5.41 Å². The molecule has 2 aromatic rings. The maximum absolute atomic E-state index is 13.0. The van der Waals surface area contributed by atoms with Crippen molar-refractivity contribution < 1.29 is 9.18 Å². The molecule has 0 saturated carbocycles. The molecular weight excluding hydrogens is 319 g/mol. The Kier molecular flexibility index (Phi) is 5.50. The first-order chi connectivity index (χ1) is 11.8. The van der Waals surface area contributed by atoms with E-state index in [4.69, 9.17) is 5.26 Å². The smallest absolute Gasteiger partial charge is 0.205 e. The summed E-state index contributed by atoms with van der Waals surface area (Å²) in [6.45, 7) is 5.37. The van der Waals surface area contributed by atoms with E-state index in [1.165, 1.54) is 24.3 Å². The highest BCUT2D eigenvalue weighted by atomic mass is 19.1. The van der Waals surface area contributed by atoms with Crippen molar-refractivity contribution in [3.8, 4) is 6.07 Å². The predicted molar refractivity (Wildman–Crippen MR) is 96.7 cm³/mol. The average molecular weight is 338 g/mol. The minimum Gasteiger partial charge on any atom is -0.336 e. The van der Waals surface area contributed by atoms with Gasteiger partial charge in [-0.2, -0.15) is 10.4 Å². The Balaban J connectivity index is 2.24. The SMILES string of the molecule is CC(C)(C)C(=O)/C(=N/Nc1ccc(C#N)cc1)Nc1ccc(F)cc1. The van der Waals surface area contributed by atoms with Crippen LogP contribution in [-0.2, 0) is 4.79 Å². The number of nitriles is 1. The highest BCUT2D eigenvalue weighted by Crippen LogP contribution is 2.18. The minimum atomic E-state index is -0.641. The number of rotatable bonds is 4. The third-order valence-electron chi connectivity index (χ3n) is 3.31. The first kappa shape index (κ1) is 18.1. The van der Waals surface area contributed by atoms with Crippen LogP contribution in [0.5, 0.6) is 0 Å². The highest BCUT2D eigenvalue weighted by molar-refractivity contribution is 6.44. The van der Waals surface area contributed by atoms with Crippen molar-refractivity contribution in [3.63, 3.8) is 0 Å². The predicted octanol–water partition coefficient (Wildman–Crippen LogP) is 4.15. The van der Waals surface area contributed by atoms with Crippen molar-refractivity contribution in [2.45, 2.75) is 20.8 Å². The molecule has 0 amide bonds. The Hall–Kier alpha value is -3.20. The number of Topliss-reactive ketones (excluding diaryl/α,β-unsaturated/α-hetero) is 1. The van der Waals surface area contributed by atoms with Crippen LogP contribution < -0.4 is 10.7 Å². The van der Waals surface area contributed by atoms with E-state index in [0.717, 1.165) is 0 Å². The lowest BCUT2D eigenvalue weighted by Crippen LogP contribution is -2.34. The first-order valence-electron chi connectivity index (χ1n) is 7.71. The van der Waals surface area contributed by atoms with Crippen LogP contribution in [0, 0.1) is 22.6 Å². The average Bonchev–Trinajstić information content (AvgIpc) is 2.59. The maximum Gasteiger partial charge on any atom is 0.205 e. The molecule has 25 heavy (non-hydrogen) atoms. The number of hydrogen-bond donors (Lipinski definition) is 2. The molecular formula is C19H19FN4O. The van der Waals surface area contributed by atoms with Crippen LogP contribution in [0.25, 0.3) is 0 Å². The van der Waals surface area contributed by atoms with Gasteiger partial charge in [-0.25, -0.2) is 4.39 Å². The molecule has 0 aliphatic rings. The van der Waals surface area contributed by atoms with Crippen LogP contribution in [0.2, 0.25) is 0 Å². The molecule has 0 atom stereocenters. The lowest BCUT2D eigenvalue weighted by molar-refractivity contribution is -0.119. The largest absolute Gasteiger partial charge is 0.336 e. The zero-order chi connectivity index (χ0) is 18.4. The van der Waals surface area contributed by atoms with Gasteiger partial charge in [0, 0.05) is 11.1 Å². The number of nitrogens with zero attached hydrogens (tertiary/aromatic N) is 2. The van der Waals surface area contributed by atoms with Gasteiger partial charge in [-0.3, -0.25) is 10.2 Å². The number of hydrazone groups is 1. The van der Waals surface area contributed by atoms with Gasteiger partial charge in [-0.05, 0) is 48.5 Å². The molecule has 2 aromatic carbocycles. The summed E-state index contributed by atoms with van der Waals surface area (Å²) in [6, 6.07) is 14.4. The summed E-state index contributed by atoms with van der Waals surface area (Å²) in [7, 11) is 0. The van der Waals surface area contributed by atoms with E-state index in [1.807, 2.05) is 6.07 Å². The van der Waals surface area contributed by atoms with Gasteiger partial charge in [-0.1, -0.05) is 20.8 Å². The molecule has 2 N–H and O–H groups in total. The van der Waals surface area contributed by atoms with Crippen molar-refractivity contribution in [2.75, 3.05) is 10.7 Å². The fourth-order valence-electron chi connectivity index (χ4n) is 1.90. The molecule has 0 aliphatic carbocycles. The number of amidine groups is 1. The monoisotopic (exact) mass is 338 g/mol. The third-order valence-corrected chi connectivity index (χ3v) is 3.31. The van der Waals surface area contributed by atoms with Gasteiger partial charge in [-0.15, -0.1) is 0 Å². The van der Waals surface area contributed by atoms with Gasteiger partial charge in [0.25, 0.3) is 0 Å². The van der Waals surface area contributed by atoms with Gasteiger partial charge in [0.05, 0.1) is 17.3 Å². The van der Waals surface area contributed by atoms with E-state index in [0.29, 0.717) is 16.9 Å². The summed E-state index contributed by atoms with van der Waals surface area (Å²) in [4.78, 5) is 12.6. The zero-order valence-electron chi connectivity index (χ0n) is 14.3. The first-order valence-corrected chi connectivity index (χ1v) is 7.71. The molecule has 0 heterocycles. The van der Waals surface area contributed by atoms with Crippen molar-refractivity contribution in [2.24, 2.45) is 10.5 Å². The minimum absolute atomic E-state index is 0.114. The van der Waals surface area contributed by atoms with Crippen LogP contribution >= 0.6 is 0 Å². The molecule has 0 aromatic heterocycles. The fraction of sp³-hybridized carbons (Fsp3) is 0.211. The number of benzene rings is 2. The van der Waals surface area contributed by atoms with Crippen molar-refractivity contribution in [1.29, 1.82) is 5.26 Å². The van der Waals surface area contributed by atoms with Crippen molar-refractivity contribution in [3.05, 3.63) is 59.9 Å². The van der Waals surface area contributed by atoms with Gasteiger partial charge < -0.3 is 5.32 Å². The second-order valence-electron chi connectivity index (χ2n) is 6.47. The Morgan fingerprint density at radius 2 is 1.60 bits per heavy atom. The molecule has 2 rings (SSSR count). The lowest BCUT2D eigenvalue weighted by Gasteiger charge is -2.19. The van der Waals surface area contributed by atoms with E-state index in [-0.39, 0.29) is 17.4 Å². The Bertz CT molecular complexity index is 812. The molecule has 0 saturated heterocycles. The summed E-state index contributed by atoms with van der Waals surface area (Å²) in [6.07, 6.45) is 0. The number of carbonyl (C=O) groups is 1. The number of anilines is 2. The van der Waals surface area contributed by atoms with Crippen LogP contribution in [0.4, 0.5) is 15.8 Å². The number of ketones is 1. The zero-order valence-corrected chi connectivity index (χ0v) is 14.3. The quantitative estimate of drug-likeness (QED) is 0.499. The van der Waals surface area contributed by atoms with Crippen LogP contribution in [0.15, 0.2) is 53.6 Å². The maximum atomic E-state index is 13.0. The molecule has 128 valence electrons. The standard InChI is InChI=1S/C19H19FN4O/c1-19(2,3)17(25)18(22-15-10-6-14(20)7-11-15)24-23-16-8-4-13(12-21)5-9-16/h4-11,23H,1-3H3,(H,22,24). The van der Waals surface area contributed by atoms with Gasteiger partial charge in [0.1, 0.15) is 5.82 Å². The summed E-state index contributed by atoms with van der Waals surface area (Å²) in [5, 5.41) is 15.9. The second kappa shape index (κ2) is 7.58. The number of nitrogens with one attached hydrogen (secondary N) is 2. The molecule has 0 radical (unpaired) electrons. The van der Waals surface area contributed by atoms with E-state index in [2.05, 4.69) is 15.8 Å². The third kappa shape index (κ3) is 5.15. The number of carbonyl (C=O) groups excluding carboxylic acids is 1. The molecule has 0 fully saturated rings. The topological polar surface area (TPSA) is 77.3 Å². The summed E-state index contributed by atoms with van der Waals surface area (Å²) in [5.41, 5.74) is 3.89. The van der Waals surface area contributed by atoms with Gasteiger partial charge in [0.15, 0.2) is 5.84 Å². The second-order valence-corrected chi connectivity index (χ2v) is 6.47. The molecule has 5 nitrogen and oxygen atoms in total. The number of hydrogen-bond acceptors (Lipinski definition) is 4. The van der Waals surface area contributed by atoms with Crippen molar-refractivity contribution >= 4 is 23.0 Å². The van der Waals surface area contributed by atoms with Crippen LogP contribution in [0.1, 0.15) is 26.3 Å². The molecule has 0 bridgehead atoms. The Morgan fingerprint density at radius 1 is 1.04 bits per heavy atom. The summed E-state index contributed by atoms with van der Waals surface area (Å²) < 4.78 is 13.0. The highest BCUT2D eigenvalue weighted by Gasteiger charge is 2.27. The number of halogens is 1. The molecule has 6 heteroatoms. The van der Waals surface area contributed by atoms with Crippen molar-refractivity contribution in [1.82, 2.24) is 0 Å². The molecule has 0 aliphatic heterocycles. The van der Waals surface area contributed by atoms with E-state index >= 15 is 0 Å². The lowest BCUT2D eigenvalue weighted by atomic mass is 9.90. The van der Waals surface area contributed by atoms with E-state index in [1.54, 1.807) is 45.0 Å². The van der Waals surface area contributed by atoms with Gasteiger partial charge in [0.2, 0.25) is 5.78 Å². The Labute approximate surface area is 146 Å². The summed E-state index contributed by atoms with van der Waals surface area (Å²) >= 11 is 0. The normalized spacial score (nSPS) is 11.6. The molecule has 0 spiro atoms.